The third-order valence-corrected chi connectivity index (χ3v) is 8.09. The number of carbonyl (C=O) groups excluding carboxylic acids is 3. The second-order valence-corrected chi connectivity index (χ2v) is 12.0. The van der Waals surface area contributed by atoms with Crippen LogP contribution in [0, 0.1) is 0 Å². The SMILES string of the molecule is COC(=O)c1ccc(NC(=O)/[N+](=C2\CCC[N+](C)(Cc3ccc4c(c3)OCO4)C2)[C@@H](Cc2ccc(O)cc2)C(N)=O)cc1.O=C(O)C(F)(F)F. The molecule has 13 nitrogen and oxygen atoms in total. The number of ether oxygens (including phenoxy) is 3. The molecule has 5 N–H and O–H groups in total. The molecule has 16 heteroatoms. The first-order valence-electron chi connectivity index (χ1n) is 15.3. The highest BCUT2D eigenvalue weighted by Gasteiger charge is 2.40. The van der Waals surface area contributed by atoms with Gasteiger partial charge in [-0.25, -0.2) is 14.9 Å². The molecule has 0 radical (unpaired) electrons. The van der Waals surface area contributed by atoms with E-state index in [9.17, 15) is 32.7 Å². The van der Waals surface area contributed by atoms with E-state index in [2.05, 4.69) is 12.4 Å². The number of carbonyl (C=O) groups is 4. The average Bonchev–Trinajstić information content (AvgIpc) is 3.53. The number of esters is 1. The molecule has 0 aromatic heterocycles. The fraction of sp³-hybridized carbons (Fsp3) is 0.324. The lowest BCUT2D eigenvalue weighted by atomic mass is 10.0. The number of nitrogens with zero attached hydrogens (tertiary/aromatic N) is 2. The van der Waals surface area contributed by atoms with Crippen LogP contribution >= 0.6 is 0 Å². The number of methoxy groups -OCH3 is 1. The van der Waals surface area contributed by atoms with Crippen LogP contribution in [0.15, 0.2) is 66.7 Å². The number of phenols is 1. The third-order valence-electron chi connectivity index (χ3n) is 8.09. The zero-order valence-corrected chi connectivity index (χ0v) is 27.2. The zero-order chi connectivity index (χ0) is 36.6. The number of urea groups is 1. The van der Waals surface area contributed by atoms with Crippen molar-refractivity contribution in [2.24, 2.45) is 5.73 Å². The molecule has 3 aromatic carbocycles. The maximum atomic E-state index is 14.0. The van der Waals surface area contributed by atoms with E-state index in [0.717, 1.165) is 35.6 Å². The number of quaternary nitrogens is 1. The van der Waals surface area contributed by atoms with E-state index in [1.807, 2.05) is 18.2 Å². The first-order chi connectivity index (χ1) is 23.6. The molecule has 5 rings (SSSR count). The Bertz CT molecular complexity index is 1760. The van der Waals surface area contributed by atoms with Crippen molar-refractivity contribution >= 4 is 35.3 Å². The Morgan fingerprint density at radius 3 is 2.22 bits per heavy atom. The van der Waals surface area contributed by atoms with Gasteiger partial charge in [-0.1, -0.05) is 12.1 Å². The monoisotopic (exact) mass is 702 g/mol. The molecule has 0 aliphatic carbocycles. The van der Waals surface area contributed by atoms with Crippen LogP contribution < -0.4 is 20.5 Å². The van der Waals surface area contributed by atoms with E-state index in [4.69, 9.17) is 29.8 Å². The lowest BCUT2D eigenvalue weighted by Crippen LogP contribution is -2.56. The smallest absolute Gasteiger partial charge is 0.496 e. The van der Waals surface area contributed by atoms with Gasteiger partial charge in [-0.05, 0) is 60.2 Å². The second-order valence-electron chi connectivity index (χ2n) is 12.0. The Balaban J connectivity index is 0.000000727. The predicted molar refractivity (Wildman–Crippen MR) is 172 cm³/mol. The number of rotatable bonds is 8. The number of anilines is 1. The van der Waals surface area contributed by atoms with Gasteiger partial charge in [-0.3, -0.25) is 4.79 Å². The number of nitrogens with two attached hydrogens (primary N) is 1. The number of carboxylic acid groups (broad SMARTS) is 1. The van der Waals surface area contributed by atoms with Gasteiger partial charge in [0.15, 0.2) is 17.5 Å². The number of nitrogens with one attached hydrogen (secondary N) is 1. The maximum absolute atomic E-state index is 14.0. The summed E-state index contributed by atoms with van der Waals surface area (Å²) < 4.78 is 49.6. The molecule has 2 aliphatic rings. The normalized spacial score (nSPS) is 18.2. The van der Waals surface area contributed by atoms with Crippen LogP contribution in [0.25, 0.3) is 0 Å². The highest BCUT2D eigenvalue weighted by molar-refractivity contribution is 5.95. The molecule has 1 unspecified atom stereocenters. The highest BCUT2D eigenvalue weighted by Crippen LogP contribution is 2.34. The van der Waals surface area contributed by atoms with Gasteiger partial charge in [0.1, 0.15) is 30.2 Å². The van der Waals surface area contributed by atoms with Crippen LogP contribution in [0.3, 0.4) is 0 Å². The standard InChI is InChI=1S/C32H34N4O7.C2HF3O2/c1-36(18-22-7-14-28-29(17-22)43-20-42-28)15-3-4-25(19-36)35(27(30(33)38)16-21-5-12-26(37)13-6-21)32(40)34-24-10-8-23(9-11-24)31(39)41-2;3-2(4,5)1(6)7/h5-14,17,27H,3-4,15-16,18-20H2,1-2H3,(H2-2,33,34,37,38,39,40);(H,6,7)/p+2/b35-25+;/t27-,36?;/m0./s1. The van der Waals surface area contributed by atoms with Crippen molar-refractivity contribution in [1.82, 2.24) is 0 Å². The van der Waals surface area contributed by atoms with E-state index in [-0.39, 0.29) is 19.0 Å². The molecule has 3 amide bonds. The summed E-state index contributed by atoms with van der Waals surface area (Å²) in [7, 11) is 3.43. The topological polar surface area (TPSA) is 177 Å². The molecular formula is C34H37F3N4O9+2. The lowest BCUT2D eigenvalue weighted by molar-refractivity contribution is -0.918. The number of amides is 3. The van der Waals surface area contributed by atoms with Gasteiger partial charge in [0.05, 0.1) is 26.3 Å². The summed E-state index contributed by atoms with van der Waals surface area (Å²) in [6.45, 7) is 2.28. The maximum Gasteiger partial charge on any atom is 0.496 e. The van der Waals surface area contributed by atoms with E-state index >= 15 is 0 Å². The zero-order valence-electron chi connectivity index (χ0n) is 27.2. The van der Waals surface area contributed by atoms with Crippen LogP contribution in [0.1, 0.15) is 34.3 Å². The van der Waals surface area contributed by atoms with Crippen molar-refractivity contribution in [3.63, 3.8) is 0 Å². The van der Waals surface area contributed by atoms with Crippen molar-refractivity contribution in [3.05, 3.63) is 83.4 Å². The number of aliphatic carboxylic acids is 1. The molecule has 3 aromatic rings. The van der Waals surface area contributed by atoms with Crippen LogP contribution in [0.4, 0.5) is 23.7 Å². The third kappa shape index (κ3) is 9.72. The molecule has 0 spiro atoms. The number of benzene rings is 3. The van der Waals surface area contributed by atoms with Crippen molar-refractivity contribution in [2.75, 3.05) is 39.4 Å². The molecule has 1 fully saturated rings. The molecule has 266 valence electrons. The number of piperidine rings is 1. The van der Waals surface area contributed by atoms with Gasteiger partial charge in [0, 0.05) is 24.8 Å². The Labute approximate surface area is 284 Å². The van der Waals surface area contributed by atoms with Gasteiger partial charge in [-0.2, -0.15) is 22.5 Å². The van der Waals surface area contributed by atoms with E-state index < -0.39 is 36.1 Å². The Morgan fingerprint density at radius 1 is 1.00 bits per heavy atom. The number of halogens is 3. The predicted octanol–water partition coefficient (Wildman–Crippen LogP) is 4.06. The summed E-state index contributed by atoms with van der Waals surface area (Å²) in [5.74, 6) is -2.35. The van der Waals surface area contributed by atoms with Crippen LogP contribution in [-0.2, 0) is 27.3 Å². The number of hydrogen-bond donors (Lipinski definition) is 4. The van der Waals surface area contributed by atoms with Gasteiger partial charge in [0.25, 0.3) is 5.91 Å². The summed E-state index contributed by atoms with van der Waals surface area (Å²) in [6.07, 6.45) is -3.50. The summed E-state index contributed by atoms with van der Waals surface area (Å²) in [5.41, 5.74) is 9.37. The first kappa shape index (κ1) is 37.2. The minimum absolute atomic E-state index is 0.0996. The molecule has 2 atom stereocenters. The molecular weight excluding hydrogens is 665 g/mol. The number of alkyl halides is 3. The number of carboxylic acids is 1. The molecule has 50 heavy (non-hydrogen) atoms. The largest absolute Gasteiger partial charge is 0.508 e. The summed E-state index contributed by atoms with van der Waals surface area (Å²) in [6, 6.07) is 17.2. The highest BCUT2D eigenvalue weighted by atomic mass is 19.4. The Kier molecular flexibility index (Phi) is 11.7. The van der Waals surface area contributed by atoms with Crippen molar-refractivity contribution in [2.45, 2.75) is 38.0 Å². The fourth-order valence-corrected chi connectivity index (χ4v) is 5.75. The van der Waals surface area contributed by atoms with Crippen molar-refractivity contribution in [3.8, 4) is 17.2 Å². The van der Waals surface area contributed by atoms with Gasteiger partial charge < -0.3 is 34.6 Å². The number of aromatic hydroxyl groups is 1. The summed E-state index contributed by atoms with van der Waals surface area (Å²) >= 11 is 0. The van der Waals surface area contributed by atoms with Gasteiger partial charge in [-0.15, -0.1) is 0 Å². The van der Waals surface area contributed by atoms with Crippen molar-refractivity contribution < 1.29 is 65.8 Å². The number of fused-ring (bicyclic) bond motifs is 1. The summed E-state index contributed by atoms with van der Waals surface area (Å²) in [4.78, 5) is 47.7. The Morgan fingerprint density at radius 2 is 1.62 bits per heavy atom. The molecule has 2 aliphatic heterocycles. The van der Waals surface area contributed by atoms with Gasteiger partial charge in [0.2, 0.25) is 6.79 Å². The Hall–Kier alpha value is -5.64. The average molecular weight is 703 g/mol. The lowest BCUT2D eigenvalue weighted by Gasteiger charge is -2.38. The van der Waals surface area contributed by atoms with E-state index in [0.29, 0.717) is 41.0 Å². The van der Waals surface area contributed by atoms with Crippen LogP contribution in [0.5, 0.6) is 17.2 Å². The minimum atomic E-state index is -5.08. The molecule has 0 saturated carbocycles. The van der Waals surface area contributed by atoms with E-state index in [1.54, 1.807) is 36.4 Å². The molecule has 0 bridgehead atoms. The summed E-state index contributed by atoms with van der Waals surface area (Å²) in [5, 5.41) is 19.8. The minimum Gasteiger partial charge on any atom is -0.508 e. The van der Waals surface area contributed by atoms with Crippen molar-refractivity contribution in [1.29, 1.82) is 0 Å². The number of hydrogen-bond acceptors (Lipinski definition) is 8. The van der Waals surface area contributed by atoms with Gasteiger partial charge >= 0.3 is 24.1 Å². The molecule has 2 heterocycles. The molecule has 1 saturated heterocycles. The van der Waals surface area contributed by atoms with Crippen LogP contribution in [0.2, 0.25) is 0 Å². The first-order valence-corrected chi connectivity index (χ1v) is 15.3. The number of primary amides is 1. The number of likely N-dealkylation sites (tertiary alicyclic amines) is 1. The van der Waals surface area contributed by atoms with E-state index in [1.165, 1.54) is 23.8 Å². The van der Waals surface area contributed by atoms with Crippen LogP contribution in [-0.4, -0.2) is 95.1 Å². The number of phenolic OH excluding ortho intramolecular Hbond substituents is 1. The second kappa shape index (κ2) is 15.7. The fourth-order valence-electron chi connectivity index (χ4n) is 5.75. The quantitative estimate of drug-likeness (QED) is 0.153.